The molecule has 1 N–H and O–H groups in total. The van der Waals surface area contributed by atoms with Gasteiger partial charge in [0.2, 0.25) is 0 Å². The molecule has 1 heterocycles. The lowest BCUT2D eigenvalue weighted by atomic mass is 10.1. The number of hydrogen-bond acceptors (Lipinski definition) is 4. The largest absolute Gasteiger partial charge is 0.375 e. The van der Waals surface area contributed by atoms with Gasteiger partial charge >= 0.3 is 0 Å². The summed E-state index contributed by atoms with van der Waals surface area (Å²) in [4.78, 5) is 14.5. The molecule has 0 radical (unpaired) electrons. The zero-order valence-electron chi connectivity index (χ0n) is 10.3. The molecule has 98 valence electrons. The lowest BCUT2D eigenvalue weighted by Gasteiger charge is -2.09. The van der Waals surface area contributed by atoms with Crippen LogP contribution in [0.25, 0.3) is 0 Å². The number of rotatable bonds is 4. The summed E-state index contributed by atoms with van der Waals surface area (Å²) in [7, 11) is 0. The zero-order chi connectivity index (χ0) is 13.8. The first kappa shape index (κ1) is 13.3. The van der Waals surface area contributed by atoms with E-state index in [9.17, 15) is 10.1 Å². The number of halogens is 1. The minimum atomic E-state index is -0.432. The summed E-state index contributed by atoms with van der Waals surface area (Å²) in [5.41, 5.74) is 2.48. The number of pyridine rings is 1. The van der Waals surface area contributed by atoms with Crippen LogP contribution in [0.5, 0.6) is 0 Å². The van der Waals surface area contributed by atoms with Crippen molar-refractivity contribution in [3.05, 3.63) is 62.9 Å². The zero-order valence-corrected chi connectivity index (χ0v) is 11.0. The molecule has 0 fully saturated rings. The first-order valence-electron chi connectivity index (χ1n) is 5.65. The molecule has 2 aromatic rings. The average Bonchev–Trinajstić information content (AvgIpc) is 2.37. The molecular weight excluding hydrogens is 266 g/mol. The van der Waals surface area contributed by atoms with Crippen LogP contribution >= 0.6 is 11.6 Å². The molecule has 6 heteroatoms. The van der Waals surface area contributed by atoms with Crippen molar-refractivity contribution in [2.24, 2.45) is 0 Å². The smallest absolute Gasteiger partial charge is 0.292 e. The van der Waals surface area contributed by atoms with Crippen LogP contribution in [0.1, 0.15) is 11.1 Å². The highest BCUT2D eigenvalue weighted by Gasteiger charge is 2.13. The van der Waals surface area contributed by atoms with E-state index in [4.69, 9.17) is 11.6 Å². The van der Waals surface area contributed by atoms with Gasteiger partial charge in [-0.1, -0.05) is 11.6 Å². The van der Waals surface area contributed by atoms with E-state index in [0.717, 1.165) is 11.1 Å². The molecule has 0 bridgehead atoms. The van der Waals surface area contributed by atoms with Crippen LogP contribution in [-0.4, -0.2) is 9.91 Å². The van der Waals surface area contributed by atoms with Crippen molar-refractivity contribution in [1.29, 1.82) is 0 Å². The highest BCUT2D eigenvalue weighted by molar-refractivity contribution is 6.31. The molecule has 5 nitrogen and oxygen atoms in total. The number of nitro benzene ring substituents is 1. The van der Waals surface area contributed by atoms with Crippen molar-refractivity contribution in [2.45, 2.75) is 13.5 Å². The quantitative estimate of drug-likeness (QED) is 0.685. The van der Waals surface area contributed by atoms with Gasteiger partial charge in [-0.15, -0.1) is 0 Å². The predicted molar refractivity (Wildman–Crippen MR) is 74.4 cm³/mol. The van der Waals surface area contributed by atoms with Crippen molar-refractivity contribution >= 4 is 23.0 Å². The van der Waals surface area contributed by atoms with E-state index in [1.54, 1.807) is 18.5 Å². The Morgan fingerprint density at radius 3 is 2.89 bits per heavy atom. The van der Waals surface area contributed by atoms with Gasteiger partial charge in [0.15, 0.2) is 0 Å². The molecule has 0 aliphatic rings. The normalized spacial score (nSPS) is 10.2. The van der Waals surface area contributed by atoms with Gasteiger partial charge in [-0.2, -0.15) is 0 Å². The maximum Gasteiger partial charge on any atom is 0.292 e. The molecule has 0 amide bonds. The summed E-state index contributed by atoms with van der Waals surface area (Å²) in [6, 6.07) is 6.32. The van der Waals surface area contributed by atoms with E-state index in [1.807, 2.05) is 13.0 Å². The van der Waals surface area contributed by atoms with Crippen LogP contribution in [0.4, 0.5) is 11.4 Å². The number of nitro groups is 1. The molecule has 1 aromatic carbocycles. The minimum Gasteiger partial charge on any atom is -0.375 e. The second-order valence-electron chi connectivity index (χ2n) is 4.07. The molecular formula is C13H12ClN3O2. The molecule has 1 aromatic heterocycles. The Morgan fingerprint density at radius 1 is 1.42 bits per heavy atom. The number of aryl methyl sites for hydroxylation is 1. The Kier molecular flexibility index (Phi) is 3.97. The van der Waals surface area contributed by atoms with E-state index in [0.29, 0.717) is 17.3 Å². The van der Waals surface area contributed by atoms with Gasteiger partial charge in [-0.05, 0) is 36.2 Å². The van der Waals surface area contributed by atoms with Crippen molar-refractivity contribution in [2.75, 3.05) is 5.32 Å². The van der Waals surface area contributed by atoms with Crippen molar-refractivity contribution < 1.29 is 4.92 Å². The molecule has 2 rings (SSSR count). The molecule has 0 atom stereocenters. The Labute approximate surface area is 115 Å². The third-order valence-corrected chi connectivity index (χ3v) is 3.00. The lowest BCUT2D eigenvalue weighted by molar-refractivity contribution is -0.384. The molecule has 19 heavy (non-hydrogen) atoms. The van der Waals surface area contributed by atoms with Gasteiger partial charge in [0.05, 0.1) is 4.92 Å². The number of aromatic nitrogens is 1. The molecule has 0 spiro atoms. The third kappa shape index (κ3) is 3.20. The van der Waals surface area contributed by atoms with Crippen LogP contribution in [0.15, 0.2) is 36.7 Å². The number of nitrogens with one attached hydrogen (secondary N) is 1. The topological polar surface area (TPSA) is 68.1 Å². The maximum absolute atomic E-state index is 10.9. The predicted octanol–water partition coefficient (Wildman–Crippen LogP) is 3.56. The molecule has 0 aliphatic carbocycles. The molecule has 0 saturated heterocycles. The van der Waals surface area contributed by atoms with Crippen LogP contribution in [-0.2, 0) is 6.54 Å². The van der Waals surface area contributed by atoms with Gasteiger partial charge in [0.1, 0.15) is 5.69 Å². The van der Waals surface area contributed by atoms with E-state index >= 15 is 0 Å². The van der Waals surface area contributed by atoms with E-state index in [2.05, 4.69) is 10.3 Å². The number of nitrogens with zero attached hydrogens (tertiary/aromatic N) is 2. The summed E-state index contributed by atoms with van der Waals surface area (Å²) >= 11 is 5.86. The fraction of sp³-hybridized carbons (Fsp3) is 0.154. The fourth-order valence-corrected chi connectivity index (χ4v) is 1.87. The summed E-state index contributed by atoms with van der Waals surface area (Å²) in [5, 5.41) is 14.4. The molecule has 0 aliphatic heterocycles. The maximum atomic E-state index is 10.9. The van der Waals surface area contributed by atoms with E-state index in [-0.39, 0.29) is 5.69 Å². The second kappa shape index (κ2) is 5.67. The number of benzene rings is 1. The average molecular weight is 278 g/mol. The van der Waals surface area contributed by atoms with Crippen LogP contribution in [0.2, 0.25) is 5.02 Å². The number of hydrogen-bond donors (Lipinski definition) is 1. The van der Waals surface area contributed by atoms with E-state index in [1.165, 1.54) is 12.1 Å². The summed E-state index contributed by atoms with van der Waals surface area (Å²) < 4.78 is 0. The van der Waals surface area contributed by atoms with Crippen LogP contribution in [0.3, 0.4) is 0 Å². The summed E-state index contributed by atoms with van der Waals surface area (Å²) in [6.07, 6.45) is 3.44. The Bertz CT molecular complexity index is 617. The second-order valence-corrected chi connectivity index (χ2v) is 4.51. The van der Waals surface area contributed by atoms with Gasteiger partial charge in [-0.25, -0.2) is 0 Å². The monoisotopic (exact) mass is 277 g/mol. The third-order valence-electron chi connectivity index (χ3n) is 2.76. The van der Waals surface area contributed by atoms with Crippen molar-refractivity contribution in [1.82, 2.24) is 4.98 Å². The SMILES string of the molecule is Cc1cnccc1CNc1cc(Cl)ccc1[N+](=O)[O-]. The van der Waals surface area contributed by atoms with Crippen molar-refractivity contribution in [3.8, 4) is 0 Å². The Balaban J connectivity index is 2.22. The number of anilines is 1. The molecule has 0 unspecified atom stereocenters. The first-order chi connectivity index (χ1) is 9.08. The fourth-order valence-electron chi connectivity index (χ4n) is 1.70. The van der Waals surface area contributed by atoms with Crippen molar-refractivity contribution in [3.63, 3.8) is 0 Å². The molecule has 0 saturated carbocycles. The Morgan fingerprint density at radius 2 is 2.21 bits per heavy atom. The lowest BCUT2D eigenvalue weighted by Crippen LogP contribution is -2.04. The highest BCUT2D eigenvalue weighted by atomic mass is 35.5. The van der Waals surface area contributed by atoms with Gasteiger partial charge < -0.3 is 5.32 Å². The first-order valence-corrected chi connectivity index (χ1v) is 6.03. The van der Waals surface area contributed by atoms with Gasteiger partial charge in [0, 0.05) is 30.0 Å². The Hall–Kier alpha value is -2.14. The summed E-state index contributed by atoms with van der Waals surface area (Å²) in [6.45, 7) is 2.42. The summed E-state index contributed by atoms with van der Waals surface area (Å²) in [5.74, 6) is 0. The van der Waals surface area contributed by atoms with Gasteiger partial charge in [-0.3, -0.25) is 15.1 Å². The van der Waals surface area contributed by atoms with Crippen LogP contribution in [0, 0.1) is 17.0 Å². The highest BCUT2D eigenvalue weighted by Crippen LogP contribution is 2.28. The standard InChI is InChI=1S/C13H12ClN3O2/c1-9-7-15-5-4-10(9)8-16-12-6-11(14)2-3-13(12)17(18)19/h2-7,16H,8H2,1H3. The van der Waals surface area contributed by atoms with Crippen LogP contribution < -0.4 is 5.32 Å². The minimum absolute atomic E-state index is 0.0103. The van der Waals surface area contributed by atoms with E-state index < -0.39 is 4.92 Å². The van der Waals surface area contributed by atoms with Gasteiger partial charge in [0.25, 0.3) is 5.69 Å².